The fourth-order valence-electron chi connectivity index (χ4n) is 3.76. The van der Waals surface area contributed by atoms with Crippen LogP contribution in [0.3, 0.4) is 0 Å². The molecule has 1 unspecified atom stereocenters. The fraction of sp³-hybridized carbons (Fsp3) is 0.222. The van der Waals surface area contributed by atoms with Crippen LogP contribution >= 0.6 is 23.4 Å². The average Bonchev–Trinajstić information content (AvgIpc) is 3.28. The molecule has 0 aliphatic carbocycles. The van der Waals surface area contributed by atoms with E-state index < -0.39 is 6.04 Å². The Kier molecular flexibility index (Phi) is 7.78. The molecule has 1 amide bonds. The molecule has 4 aromatic rings. The number of hydrogen-bond acceptors (Lipinski definition) is 5. The topological polar surface area (TPSA) is 69.0 Å². The summed E-state index contributed by atoms with van der Waals surface area (Å²) in [5.74, 6) is 1.77. The minimum atomic E-state index is -0.409. The molecule has 4 rings (SSSR count). The van der Waals surface area contributed by atoms with Crippen LogP contribution in [0.2, 0.25) is 5.02 Å². The summed E-state index contributed by atoms with van der Waals surface area (Å²) < 4.78 is 7.23. The quantitative estimate of drug-likeness (QED) is 0.283. The lowest BCUT2D eigenvalue weighted by atomic mass is 10.1. The lowest BCUT2D eigenvalue weighted by Gasteiger charge is -2.18. The number of nitrogens with zero attached hydrogens (tertiary/aromatic N) is 3. The largest absolute Gasteiger partial charge is 0.497 e. The van der Waals surface area contributed by atoms with Crippen molar-refractivity contribution >= 4 is 29.3 Å². The SMILES string of the molecule is COc1cccc(C(=O)NC(C)c2nnc(SCc3cccc(C)c3)n2-c2cc(Cl)ccc2C)c1. The lowest BCUT2D eigenvalue weighted by molar-refractivity contribution is 0.0937. The molecule has 8 heteroatoms. The van der Waals surface area contributed by atoms with Crippen LogP contribution in [0.4, 0.5) is 0 Å². The van der Waals surface area contributed by atoms with Gasteiger partial charge in [-0.15, -0.1) is 10.2 Å². The van der Waals surface area contributed by atoms with Crippen LogP contribution in [0.25, 0.3) is 5.69 Å². The van der Waals surface area contributed by atoms with Crippen molar-refractivity contribution in [2.24, 2.45) is 0 Å². The Morgan fingerprint density at radius 3 is 2.66 bits per heavy atom. The molecule has 1 aromatic heterocycles. The summed E-state index contributed by atoms with van der Waals surface area (Å²) in [6.45, 7) is 5.99. The average molecular weight is 507 g/mol. The van der Waals surface area contributed by atoms with Crippen molar-refractivity contribution in [3.8, 4) is 11.4 Å². The van der Waals surface area contributed by atoms with Gasteiger partial charge in [-0.3, -0.25) is 9.36 Å². The Bertz CT molecular complexity index is 1350. The smallest absolute Gasteiger partial charge is 0.251 e. The number of nitrogens with one attached hydrogen (secondary N) is 1. The van der Waals surface area contributed by atoms with E-state index in [1.54, 1.807) is 43.1 Å². The molecule has 0 aliphatic heterocycles. The van der Waals surface area contributed by atoms with E-state index in [0.29, 0.717) is 22.2 Å². The van der Waals surface area contributed by atoms with Gasteiger partial charge in [0.25, 0.3) is 5.91 Å². The normalized spacial score (nSPS) is 11.8. The number of aromatic nitrogens is 3. The van der Waals surface area contributed by atoms with Crippen molar-refractivity contribution in [3.05, 3.63) is 99.8 Å². The molecule has 1 heterocycles. The van der Waals surface area contributed by atoms with Crippen LogP contribution < -0.4 is 10.1 Å². The van der Waals surface area contributed by atoms with Gasteiger partial charge in [0.05, 0.1) is 18.8 Å². The van der Waals surface area contributed by atoms with E-state index in [0.717, 1.165) is 22.2 Å². The molecule has 0 fully saturated rings. The third-order valence-electron chi connectivity index (χ3n) is 5.59. The molecule has 6 nitrogen and oxygen atoms in total. The summed E-state index contributed by atoms with van der Waals surface area (Å²) in [6.07, 6.45) is 0. The van der Waals surface area contributed by atoms with E-state index in [1.807, 2.05) is 36.6 Å². The molecule has 0 saturated carbocycles. The molecule has 0 radical (unpaired) electrons. The first-order chi connectivity index (χ1) is 16.9. The van der Waals surface area contributed by atoms with E-state index in [-0.39, 0.29) is 5.91 Å². The number of rotatable bonds is 8. The zero-order chi connectivity index (χ0) is 24.9. The second kappa shape index (κ2) is 11.0. The second-order valence-corrected chi connectivity index (χ2v) is 9.69. The fourth-order valence-corrected chi connectivity index (χ4v) is 4.82. The van der Waals surface area contributed by atoms with Gasteiger partial charge in [0.1, 0.15) is 5.75 Å². The first-order valence-corrected chi connectivity index (χ1v) is 12.6. The Morgan fingerprint density at radius 2 is 1.89 bits per heavy atom. The van der Waals surface area contributed by atoms with Crippen LogP contribution in [0.5, 0.6) is 5.75 Å². The van der Waals surface area contributed by atoms with Crippen molar-refractivity contribution in [1.82, 2.24) is 20.1 Å². The number of amides is 1. The van der Waals surface area contributed by atoms with E-state index in [1.165, 1.54) is 11.1 Å². The Labute approximate surface area is 214 Å². The first kappa shape index (κ1) is 24.8. The molecular weight excluding hydrogens is 480 g/mol. The molecule has 35 heavy (non-hydrogen) atoms. The summed E-state index contributed by atoms with van der Waals surface area (Å²) in [6, 6.07) is 20.8. The van der Waals surface area contributed by atoms with Crippen LogP contribution in [0.15, 0.2) is 71.9 Å². The highest BCUT2D eigenvalue weighted by molar-refractivity contribution is 7.98. The Balaban J connectivity index is 1.66. The van der Waals surface area contributed by atoms with Crippen LogP contribution in [0.1, 0.15) is 45.8 Å². The van der Waals surface area contributed by atoms with Crippen molar-refractivity contribution in [2.75, 3.05) is 7.11 Å². The van der Waals surface area contributed by atoms with Crippen LogP contribution in [-0.4, -0.2) is 27.8 Å². The van der Waals surface area contributed by atoms with Gasteiger partial charge in [0.2, 0.25) is 0 Å². The first-order valence-electron chi connectivity index (χ1n) is 11.2. The molecule has 0 aliphatic rings. The molecule has 1 N–H and O–H groups in total. The predicted molar refractivity (Wildman–Crippen MR) is 141 cm³/mol. The summed E-state index contributed by atoms with van der Waals surface area (Å²) in [5, 5.41) is 13.4. The highest BCUT2D eigenvalue weighted by Crippen LogP contribution is 2.30. The second-order valence-electron chi connectivity index (χ2n) is 8.31. The molecule has 1 atom stereocenters. The zero-order valence-corrected chi connectivity index (χ0v) is 21.7. The minimum absolute atomic E-state index is 0.220. The van der Waals surface area contributed by atoms with Crippen molar-refractivity contribution in [1.29, 1.82) is 0 Å². The highest BCUT2D eigenvalue weighted by atomic mass is 35.5. The third kappa shape index (κ3) is 5.86. The van der Waals surface area contributed by atoms with Gasteiger partial charge >= 0.3 is 0 Å². The van der Waals surface area contributed by atoms with E-state index in [9.17, 15) is 4.79 Å². The maximum absolute atomic E-state index is 13.0. The highest BCUT2D eigenvalue weighted by Gasteiger charge is 2.23. The number of thioether (sulfide) groups is 1. The van der Waals surface area contributed by atoms with Gasteiger partial charge in [-0.25, -0.2) is 0 Å². The molecule has 0 spiro atoms. The number of hydrogen-bond donors (Lipinski definition) is 1. The minimum Gasteiger partial charge on any atom is -0.497 e. The standard InChI is InChI=1S/C27H27ClN4O2S/c1-17-7-5-8-20(13-17)16-35-27-31-30-25(32(27)24-15-22(28)12-11-18(24)2)19(3)29-26(33)21-9-6-10-23(14-21)34-4/h5-15,19H,16H2,1-4H3,(H,29,33). The van der Waals surface area contributed by atoms with Gasteiger partial charge in [-0.2, -0.15) is 0 Å². The summed E-state index contributed by atoms with van der Waals surface area (Å²) in [5.41, 5.74) is 4.83. The van der Waals surface area contributed by atoms with Crippen LogP contribution in [0, 0.1) is 13.8 Å². The molecular formula is C27H27ClN4O2S. The summed E-state index contributed by atoms with van der Waals surface area (Å²) >= 11 is 7.95. The molecule has 180 valence electrons. The molecule has 0 bridgehead atoms. The van der Waals surface area contributed by atoms with Gasteiger partial charge in [-0.1, -0.05) is 65.3 Å². The number of methoxy groups -OCH3 is 1. The zero-order valence-electron chi connectivity index (χ0n) is 20.1. The van der Waals surface area contributed by atoms with E-state index in [4.69, 9.17) is 16.3 Å². The van der Waals surface area contributed by atoms with Gasteiger partial charge in [0, 0.05) is 16.3 Å². The molecule has 3 aromatic carbocycles. The van der Waals surface area contributed by atoms with Gasteiger partial charge in [-0.05, 0) is 62.2 Å². The maximum atomic E-state index is 13.0. The lowest BCUT2D eigenvalue weighted by Crippen LogP contribution is -2.28. The Hall–Kier alpha value is -3.29. The van der Waals surface area contributed by atoms with Gasteiger partial charge < -0.3 is 10.1 Å². The van der Waals surface area contributed by atoms with E-state index in [2.05, 4.69) is 46.7 Å². The monoisotopic (exact) mass is 506 g/mol. The van der Waals surface area contributed by atoms with Crippen molar-refractivity contribution in [2.45, 2.75) is 37.7 Å². The predicted octanol–water partition coefficient (Wildman–Crippen LogP) is 6.33. The third-order valence-corrected chi connectivity index (χ3v) is 6.82. The number of carbonyl (C=O) groups excluding carboxylic acids is 1. The summed E-state index contributed by atoms with van der Waals surface area (Å²) in [7, 11) is 1.57. The summed E-state index contributed by atoms with van der Waals surface area (Å²) in [4.78, 5) is 13.0. The number of ether oxygens (including phenoxy) is 1. The molecule has 0 saturated heterocycles. The van der Waals surface area contributed by atoms with E-state index >= 15 is 0 Å². The van der Waals surface area contributed by atoms with Gasteiger partial charge in [0.15, 0.2) is 11.0 Å². The van der Waals surface area contributed by atoms with Crippen LogP contribution in [-0.2, 0) is 5.75 Å². The Morgan fingerprint density at radius 1 is 1.09 bits per heavy atom. The number of benzene rings is 3. The van der Waals surface area contributed by atoms with Crippen molar-refractivity contribution < 1.29 is 9.53 Å². The number of halogens is 1. The number of aryl methyl sites for hydroxylation is 2. The van der Waals surface area contributed by atoms with Crippen molar-refractivity contribution in [3.63, 3.8) is 0 Å². The maximum Gasteiger partial charge on any atom is 0.251 e. The number of carbonyl (C=O) groups is 1.